The Morgan fingerprint density at radius 1 is 0.500 bits per heavy atom. The van der Waals surface area contributed by atoms with E-state index >= 15 is 0 Å². The van der Waals surface area contributed by atoms with Crippen LogP contribution in [0.1, 0.15) is 49.9 Å². The van der Waals surface area contributed by atoms with Gasteiger partial charge >= 0.3 is 7.12 Å². The highest BCUT2D eigenvalue weighted by molar-refractivity contribution is 6.62. The number of nitrogens with zero attached hydrogens (tertiary/aromatic N) is 1. The Morgan fingerprint density at radius 2 is 1.07 bits per heavy atom. The van der Waals surface area contributed by atoms with Gasteiger partial charge in [0.2, 0.25) is 0 Å². The molecule has 0 amide bonds. The number of pyridine rings is 1. The van der Waals surface area contributed by atoms with Crippen LogP contribution in [0, 0.1) is 0 Å². The first-order chi connectivity index (χ1) is 22.3. The zero-order valence-electron chi connectivity index (χ0n) is 26.7. The van der Waals surface area contributed by atoms with Crippen LogP contribution in [0.2, 0.25) is 0 Å². The lowest BCUT2D eigenvalue weighted by atomic mass is 9.65. The zero-order valence-corrected chi connectivity index (χ0v) is 26.7. The Hall–Kier alpha value is -4.77. The first-order valence-electron chi connectivity index (χ1n) is 16.1. The highest BCUT2D eigenvalue weighted by atomic mass is 16.7. The van der Waals surface area contributed by atoms with Crippen molar-refractivity contribution < 1.29 is 9.31 Å². The lowest BCUT2D eigenvalue weighted by Crippen LogP contribution is -2.41. The van der Waals surface area contributed by atoms with Crippen molar-refractivity contribution in [3.63, 3.8) is 0 Å². The predicted molar refractivity (Wildman–Crippen MR) is 188 cm³/mol. The van der Waals surface area contributed by atoms with Crippen molar-refractivity contribution in [2.75, 3.05) is 0 Å². The van der Waals surface area contributed by atoms with Crippen LogP contribution in [0.3, 0.4) is 0 Å². The van der Waals surface area contributed by atoms with Gasteiger partial charge in [-0.25, -0.2) is 0 Å². The largest absolute Gasteiger partial charge is 0.494 e. The van der Waals surface area contributed by atoms with Gasteiger partial charge in [0.1, 0.15) is 0 Å². The summed E-state index contributed by atoms with van der Waals surface area (Å²) in [7, 11) is -0.446. The number of aromatic nitrogens is 1. The van der Waals surface area contributed by atoms with Gasteiger partial charge < -0.3 is 9.31 Å². The molecule has 1 aliphatic carbocycles. The Bertz CT molecular complexity index is 2000. The molecule has 0 radical (unpaired) electrons. The fourth-order valence-electron chi connectivity index (χ4n) is 7.22. The van der Waals surface area contributed by atoms with Crippen molar-refractivity contribution in [1.29, 1.82) is 0 Å². The molecule has 2 aliphatic rings. The Labute approximate surface area is 272 Å². The maximum absolute atomic E-state index is 6.54. The summed E-state index contributed by atoms with van der Waals surface area (Å²) in [4.78, 5) is 4.54. The van der Waals surface area contributed by atoms with Crippen LogP contribution in [0.4, 0.5) is 0 Å². The number of hydrogen-bond acceptors (Lipinski definition) is 3. The van der Waals surface area contributed by atoms with E-state index in [0.717, 1.165) is 16.7 Å². The predicted octanol–water partition coefficient (Wildman–Crippen LogP) is 9.08. The van der Waals surface area contributed by atoms with E-state index in [1.165, 1.54) is 44.5 Å². The molecule has 0 saturated carbocycles. The molecule has 5 aromatic carbocycles. The van der Waals surface area contributed by atoms with Crippen molar-refractivity contribution in [3.05, 3.63) is 168 Å². The Balaban J connectivity index is 1.31. The van der Waals surface area contributed by atoms with E-state index < -0.39 is 23.7 Å². The van der Waals surface area contributed by atoms with E-state index in [1.807, 2.05) is 24.4 Å². The van der Waals surface area contributed by atoms with E-state index in [-0.39, 0.29) is 0 Å². The monoisotopic (exact) mass is 597 g/mol. The molecule has 2 heterocycles. The molecule has 1 fully saturated rings. The topological polar surface area (TPSA) is 31.4 Å². The molecule has 224 valence electrons. The van der Waals surface area contributed by atoms with Crippen molar-refractivity contribution in [1.82, 2.24) is 4.98 Å². The van der Waals surface area contributed by atoms with Crippen LogP contribution in [0.25, 0.3) is 33.5 Å². The molecule has 1 aromatic heterocycles. The first kappa shape index (κ1) is 28.7. The number of hydrogen-bond donors (Lipinski definition) is 0. The number of benzene rings is 5. The second-order valence-corrected chi connectivity index (χ2v) is 13.4. The lowest BCUT2D eigenvalue weighted by Gasteiger charge is -2.34. The van der Waals surface area contributed by atoms with Gasteiger partial charge in [-0.2, -0.15) is 0 Å². The molecule has 0 unspecified atom stereocenters. The summed E-state index contributed by atoms with van der Waals surface area (Å²) in [6.45, 7) is 8.43. The smallest absolute Gasteiger partial charge is 0.399 e. The average Bonchev–Trinajstić information content (AvgIpc) is 3.52. The number of fused-ring (bicyclic) bond motifs is 3. The maximum atomic E-state index is 6.54. The van der Waals surface area contributed by atoms with Crippen LogP contribution in [-0.2, 0) is 14.7 Å². The van der Waals surface area contributed by atoms with Crippen LogP contribution in [-0.4, -0.2) is 23.3 Å². The van der Waals surface area contributed by atoms with E-state index in [1.54, 1.807) is 0 Å². The van der Waals surface area contributed by atoms with E-state index in [4.69, 9.17) is 9.31 Å². The molecule has 4 heteroatoms. The maximum Gasteiger partial charge on any atom is 0.494 e. The van der Waals surface area contributed by atoms with Crippen LogP contribution in [0.15, 0.2) is 146 Å². The number of rotatable bonds is 5. The Kier molecular flexibility index (Phi) is 6.65. The quantitative estimate of drug-likeness (QED) is 0.186. The minimum Gasteiger partial charge on any atom is -0.399 e. The second kappa shape index (κ2) is 10.7. The molecule has 8 rings (SSSR count). The first-order valence-corrected chi connectivity index (χ1v) is 16.1. The van der Waals surface area contributed by atoms with Gasteiger partial charge in [-0.1, -0.05) is 121 Å². The summed E-state index contributed by atoms with van der Waals surface area (Å²) < 4.78 is 13.1. The van der Waals surface area contributed by atoms with Crippen LogP contribution in [0.5, 0.6) is 0 Å². The standard InChI is InChI=1S/C42H36BNO2/c1-40(2)41(3,4)46-43(45-40)34-16-12-15-33(28-34)42(37-19-7-5-17-35(37)36-18-6-8-20-38(36)42)32-14-11-13-31(27-32)29-22-24-30(25-23-29)39-21-9-10-26-44-39/h5-28H,1-4H3. The average molecular weight is 598 g/mol. The van der Waals surface area contributed by atoms with Gasteiger partial charge in [0.15, 0.2) is 0 Å². The van der Waals surface area contributed by atoms with Crippen molar-refractivity contribution >= 4 is 12.6 Å². The van der Waals surface area contributed by atoms with Gasteiger partial charge in [-0.3, -0.25) is 4.98 Å². The molecule has 0 N–H and O–H groups in total. The second-order valence-electron chi connectivity index (χ2n) is 13.4. The highest BCUT2D eigenvalue weighted by Gasteiger charge is 2.52. The third kappa shape index (κ3) is 4.40. The molecule has 1 aliphatic heterocycles. The third-order valence-corrected chi connectivity index (χ3v) is 10.3. The molecule has 0 spiro atoms. The molecule has 46 heavy (non-hydrogen) atoms. The minimum atomic E-state index is -0.531. The van der Waals surface area contributed by atoms with E-state index in [9.17, 15) is 0 Å². The summed E-state index contributed by atoms with van der Waals surface area (Å²) in [5.74, 6) is 0. The minimum absolute atomic E-state index is 0.418. The van der Waals surface area contributed by atoms with E-state index in [2.05, 4.69) is 154 Å². The fourth-order valence-corrected chi connectivity index (χ4v) is 7.22. The SMILES string of the molecule is CC1(C)OB(c2cccc(C3(c4cccc(-c5ccc(-c6ccccn6)cc5)c4)c4ccccc4-c4ccccc43)c2)OC1(C)C. The van der Waals surface area contributed by atoms with Gasteiger partial charge in [0.05, 0.1) is 22.3 Å². The fraction of sp³-hybridized carbons (Fsp3) is 0.167. The summed E-state index contributed by atoms with van der Waals surface area (Å²) in [5.41, 5.74) is 11.6. The summed E-state index contributed by atoms with van der Waals surface area (Å²) in [5, 5.41) is 0. The molecular weight excluding hydrogens is 561 g/mol. The third-order valence-electron chi connectivity index (χ3n) is 10.3. The normalized spacial score (nSPS) is 17.0. The molecule has 0 atom stereocenters. The van der Waals surface area contributed by atoms with Gasteiger partial charge in [0, 0.05) is 11.8 Å². The Morgan fingerprint density at radius 3 is 1.70 bits per heavy atom. The molecule has 6 aromatic rings. The summed E-state index contributed by atoms with van der Waals surface area (Å²) in [6, 6.07) is 50.4. The van der Waals surface area contributed by atoms with E-state index in [0.29, 0.717) is 0 Å². The molecule has 3 nitrogen and oxygen atoms in total. The van der Waals surface area contributed by atoms with Crippen LogP contribution < -0.4 is 5.46 Å². The van der Waals surface area contributed by atoms with Crippen molar-refractivity contribution in [3.8, 4) is 33.5 Å². The van der Waals surface area contributed by atoms with Gasteiger partial charge in [-0.05, 0) is 95.9 Å². The van der Waals surface area contributed by atoms with Gasteiger partial charge in [-0.15, -0.1) is 0 Å². The van der Waals surface area contributed by atoms with Crippen molar-refractivity contribution in [2.24, 2.45) is 0 Å². The van der Waals surface area contributed by atoms with Crippen molar-refractivity contribution in [2.45, 2.75) is 44.3 Å². The molecular formula is C42H36BNO2. The highest BCUT2D eigenvalue weighted by Crippen LogP contribution is 2.56. The summed E-state index contributed by atoms with van der Waals surface area (Å²) >= 11 is 0. The van der Waals surface area contributed by atoms with Gasteiger partial charge in [0.25, 0.3) is 0 Å². The molecule has 0 bridgehead atoms. The lowest BCUT2D eigenvalue weighted by molar-refractivity contribution is 0.00578. The summed E-state index contributed by atoms with van der Waals surface area (Å²) in [6.07, 6.45) is 1.84. The van der Waals surface area contributed by atoms with Crippen LogP contribution >= 0.6 is 0 Å². The molecule has 1 saturated heterocycles. The zero-order chi connectivity index (χ0) is 31.5.